The van der Waals surface area contributed by atoms with Gasteiger partial charge in [0.25, 0.3) is 0 Å². The fourth-order valence-electron chi connectivity index (χ4n) is 2.90. The smallest absolute Gasteiger partial charge is 0.187 e. The summed E-state index contributed by atoms with van der Waals surface area (Å²) in [6.45, 7) is 7.59. The predicted molar refractivity (Wildman–Crippen MR) is 93.5 cm³/mol. The average molecular weight is 331 g/mol. The van der Waals surface area contributed by atoms with Crippen molar-refractivity contribution in [3.63, 3.8) is 0 Å². The van der Waals surface area contributed by atoms with Crippen LogP contribution in [0.3, 0.4) is 0 Å². The van der Waals surface area contributed by atoms with Gasteiger partial charge >= 0.3 is 0 Å². The van der Waals surface area contributed by atoms with E-state index in [2.05, 4.69) is 45.0 Å². The largest absolute Gasteiger partial charge is 0.299 e. The molecule has 0 unspecified atom stereocenters. The second-order valence-electron chi connectivity index (χ2n) is 6.27. The van der Waals surface area contributed by atoms with Crippen molar-refractivity contribution in [1.29, 1.82) is 0 Å². The van der Waals surface area contributed by atoms with Gasteiger partial charge in [-0.25, -0.2) is 9.97 Å². The van der Waals surface area contributed by atoms with Crippen molar-refractivity contribution in [2.24, 2.45) is 0 Å². The molecule has 3 heterocycles. The number of likely N-dealkylation sites (tertiary alicyclic amines) is 1. The van der Waals surface area contributed by atoms with E-state index in [0.29, 0.717) is 11.2 Å². The Morgan fingerprint density at radius 3 is 2.65 bits per heavy atom. The number of aromatic nitrogens is 4. The second-order valence-corrected chi connectivity index (χ2v) is 7.68. The fourth-order valence-corrected chi connectivity index (χ4v) is 3.66. The zero-order valence-electron chi connectivity index (χ0n) is 13.9. The minimum atomic E-state index is 0.572. The van der Waals surface area contributed by atoms with Crippen molar-refractivity contribution in [2.45, 2.75) is 56.0 Å². The van der Waals surface area contributed by atoms with E-state index in [1.165, 1.54) is 24.1 Å². The molecule has 0 bridgehead atoms. The molecule has 23 heavy (non-hydrogen) atoms. The molecule has 0 amide bonds. The van der Waals surface area contributed by atoms with Crippen molar-refractivity contribution >= 4 is 11.8 Å². The molecule has 1 aliphatic rings. The standard InChI is InChI=1S/C17H25N5S/c1-3-13(2)23-17-18-10-14(11-19-17)12-22-8-5-15(6-9-22)16-4-7-20-21-16/h4,7,10-11,13,15H,3,5-6,8-9,12H2,1-2H3,(H,20,21)/t13-/m0/s1. The summed E-state index contributed by atoms with van der Waals surface area (Å²) in [7, 11) is 0. The van der Waals surface area contributed by atoms with Gasteiger partial charge in [-0.2, -0.15) is 5.10 Å². The van der Waals surface area contributed by atoms with Gasteiger partial charge in [-0.15, -0.1) is 0 Å². The van der Waals surface area contributed by atoms with Crippen LogP contribution < -0.4 is 0 Å². The number of rotatable bonds is 6. The number of aromatic amines is 1. The first-order valence-corrected chi connectivity index (χ1v) is 9.31. The molecule has 1 atom stereocenters. The van der Waals surface area contributed by atoms with E-state index in [-0.39, 0.29) is 0 Å². The molecule has 6 heteroatoms. The van der Waals surface area contributed by atoms with Crippen molar-refractivity contribution in [3.05, 3.63) is 35.9 Å². The lowest BCUT2D eigenvalue weighted by atomic mass is 9.93. The highest BCUT2D eigenvalue weighted by Crippen LogP contribution is 2.27. The maximum absolute atomic E-state index is 4.50. The summed E-state index contributed by atoms with van der Waals surface area (Å²) in [6.07, 6.45) is 9.33. The van der Waals surface area contributed by atoms with Gasteiger partial charge in [-0.05, 0) is 38.4 Å². The van der Waals surface area contributed by atoms with E-state index in [9.17, 15) is 0 Å². The number of thioether (sulfide) groups is 1. The Morgan fingerprint density at radius 1 is 1.30 bits per heavy atom. The zero-order valence-corrected chi connectivity index (χ0v) is 14.7. The molecule has 0 radical (unpaired) electrons. The Bertz CT molecular complexity index is 576. The third-order valence-corrected chi connectivity index (χ3v) is 5.68. The SMILES string of the molecule is CC[C@H](C)Sc1ncc(CN2CCC(c3ccn[nH]3)CC2)cn1. The lowest BCUT2D eigenvalue weighted by Crippen LogP contribution is -2.32. The van der Waals surface area contributed by atoms with E-state index < -0.39 is 0 Å². The maximum Gasteiger partial charge on any atom is 0.187 e. The van der Waals surface area contributed by atoms with Crippen LogP contribution in [0.1, 0.15) is 50.3 Å². The van der Waals surface area contributed by atoms with Crippen LogP contribution in [0.4, 0.5) is 0 Å². The molecule has 3 rings (SSSR count). The van der Waals surface area contributed by atoms with E-state index in [1.807, 2.05) is 18.6 Å². The average Bonchev–Trinajstić information content (AvgIpc) is 3.12. The number of nitrogens with zero attached hydrogens (tertiary/aromatic N) is 4. The topological polar surface area (TPSA) is 57.7 Å². The molecule has 1 saturated heterocycles. The lowest BCUT2D eigenvalue weighted by Gasteiger charge is -2.31. The Morgan fingerprint density at radius 2 is 2.04 bits per heavy atom. The molecule has 0 saturated carbocycles. The highest BCUT2D eigenvalue weighted by molar-refractivity contribution is 7.99. The van der Waals surface area contributed by atoms with E-state index in [4.69, 9.17) is 0 Å². The van der Waals surface area contributed by atoms with Crippen LogP contribution in [0.5, 0.6) is 0 Å². The summed E-state index contributed by atoms with van der Waals surface area (Å²) < 4.78 is 0. The molecule has 5 nitrogen and oxygen atoms in total. The van der Waals surface area contributed by atoms with Crippen molar-refractivity contribution < 1.29 is 0 Å². The van der Waals surface area contributed by atoms with Crippen LogP contribution in [0, 0.1) is 0 Å². The quantitative estimate of drug-likeness (QED) is 0.649. The molecule has 1 aliphatic heterocycles. The molecule has 124 valence electrons. The number of H-pyrrole nitrogens is 1. The first-order valence-electron chi connectivity index (χ1n) is 8.43. The van der Waals surface area contributed by atoms with Gasteiger partial charge in [0.2, 0.25) is 0 Å². The van der Waals surface area contributed by atoms with Crippen molar-refractivity contribution in [2.75, 3.05) is 13.1 Å². The van der Waals surface area contributed by atoms with E-state index in [1.54, 1.807) is 11.8 Å². The molecule has 1 fully saturated rings. The molecule has 0 aliphatic carbocycles. The fraction of sp³-hybridized carbons (Fsp3) is 0.588. The minimum absolute atomic E-state index is 0.572. The molecular formula is C17H25N5S. The number of hydrogen-bond acceptors (Lipinski definition) is 5. The number of nitrogens with one attached hydrogen (secondary N) is 1. The van der Waals surface area contributed by atoms with Gasteiger partial charge in [0, 0.05) is 47.6 Å². The molecule has 1 N–H and O–H groups in total. The summed E-state index contributed by atoms with van der Waals surface area (Å²) in [4.78, 5) is 11.5. The molecular weight excluding hydrogens is 306 g/mol. The Hall–Kier alpha value is -1.40. The number of hydrogen-bond donors (Lipinski definition) is 1. The van der Waals surface area contributed by atoms with Gasteiger partial charge in [-0.1, -0.05) is 25.6 Å². The van der Waals surface area contributed by atoms with Crippen LogP contribution in [0.25, 0.3) is 0 Å². The Kier molecular flexibility index (Phi) is 5.67. The summed E-state index contributed by atoms with van der Waals surface area (Å²) in [5, 5.41) is 8.63. The van der Waals surface area contributed by atoms with E-state index in [0.717, 1.165) is 31.2 Å². The lowest BCUT2D eigenvalue weighted by molar-refractivity contribution is 0.203. The van der Waals surface area contributed by atoms with Crippen LogP contribution >= 0.6 is 11.8 Å². The highest BCUT2D eigenvalue weighted by Gasteiger charge is 2.21. The monoisotopic (exact) mass is 331 g/mol. The summed E-state index contributed by atoms with van der Waals surface area (Å²) in [5.74, 6) is 0.624. The third-order valence-electron chi connectivity index (χ3n) is 4.52. The maximum atomic E-state index is 4.50. The normalized spacial score (nSPS) is 18.2. The van der Waals surface area contributed by atoms with Gasteiger partial charge in [0.05, 0.1) is 0 Å². The Labute approximate surface area is 142 Å². The van der Waals surface area contributed by atoms with Crippen molar-refractivity contribution in [3.8, 4) is 0 Å². The Balaban J connectivity index is 1.48. The van der Waals surface area contributed by atoms with Crippen LogP contribution in [0.2, 0.25) is 0 Å². The summed E-state index contributed by atoms with van der Waals surface area (Å²) >= 11 is 1.75. The van der Waals surface area contributed by atoms with Crippen molar-refractivity contribution in [1.82, 2.24) is 25.1 Å². The van der Waals surface area contributed by atoms with Crippen LogP contribution in [-0.4, -0.2) is 43.4 Å². The number of piperidine rings is 1. The van der Waals surface area contributed by atoms with Crippen LogP contribution in [-0.2, 0) is 6.54 Å². The second kappa shape index (κ2) is 7.93. The molecule has 0 spiro atoms. The molecule has 2 aromatic heterocycles. The first-order chi connectivity index (χ1) is 11.2. The third kappa shape index (κ3) is 4.54. The zero-order chi connectivity index (χ0) is 16.1. The summed E-state index contributed by atoms with van der Waals surface area (Å²) in [5.41, 5.74) is 2.48. The van der Waals surface area contributed by atoms with Gasteiger partial charge in [0.1, 0.15) is 0 Å². The minimum Gasteiger partial charge on any atom is -0.299 e. The first kappa shape index (κ1) is 16.5. The van der Waals surface area contributed by atoms with Gasteiger partial charge < -0.3 is 0 Å². The van der Waals surface area contributed by atoms with E-state index >= 15 is 0 Å². The van der Waals surface area contributed by atoms with Gasteiger partial charge in [-0.3, -0.25) is 10.00 Å². The molecule has 2 aromatic rings. The molecule has 0 aromatic carbocycles. The van der Waals surface area contributed by atoms with Gasteiger partial charge in [0.15, 0.2) is 5.16 Å². The predicted octanol–water partition coefficient (Wildman–Crippen LogP) is 3.47. The summed E-state index contributed by atoms with van der Waals surface area (Å²) in [6, 6.07) is 2.10. The van der Waals surface area contributed by atoms with Crippen LogP contribution in [0.15, 0.2) is 29.8 Å². The highest BCUT2D eigenvalue weighted by atomic mass is 32.2.